The van der Waals surface area contributed by atoms with Gasteiger partial charge in [0.2, 0.25) is 0 Å². The van der Waals surface area contributed by atoms with Gasteiger partial charge in [-0.05, 0) is 13.0 Å². The van der Waals surface area contributed by atoms with E-state index in [0.29, 0.717) is 13.2 Å². The molecular formula is C9H16N2O. The van der Waals surface area contributed by atoms with Crippen molar-refractivity contribution in [2.75, 3.05) is 6.61 Å². The topological polar surface area (TPSA) is 35.0 Å². The molecule has 0 aromatic carbocycles. The van der Waals surface area contributed by atoms with Gasteiger partial charge in [0.25, 0.3) is 0 Å². The molecular weight excluding hydrogens is 152 g/mol. The molecule has 0 unspecified atom stereocenters. The Morgan fingerprint density at radius 3 is 2.33 bits per heavy atom. The van der Waals surface area contributed by atoms with E-state index in [9.17, 15) is 0 Å². The Balaban J connectivity index is 0.000000561. The molecule has 0 aliphatic rings. The fourth-order valence-corrected chi connectivity index (χ4v) is 0.598. The zero-order valence-electron chi connectivity index (χ0n) is 7.95. The van der Waals surface area contributed by atoms with Crippen molar-refractivity contribution in [3.8, 4) is 0 Å². The van der Waals surface area contributed by atoms with Crippen LogP contribution in [-0.2, 0) is 11.3 Å². The third-order valence-electron chi connectivity index (χ3n) is 1.05. The van der Waals surface area contributed by atoms with E-state index in [1.165, 1.54) is 0 Å². The second-order valence-electron chi connectivity index (χ2n) is 1.80. The lowest BCUT2D eigenvalue weighted by atomic mass is 10.6. The Labute approximate surface area is 73.8 Å². The van der Waals surface area contributed by atoms with E-state index in [1.807, 2.05) is 20.8 Å². The highest BCUT2D eigenvalue weighted by molar-refractivity contribution is 4.86. The zero-order chi connectivity index (χ0) is 9.23. The number of aromatic nitrogens is 2. The van der Waals surface area contributed by atoms with Gasteiger partial charge in [-0.15, -0.1) is 0 Å². The van der Waals surface area contributed by atoms with Crippen LogP contribution in [0.15, 0.2) is 18.5 Å². The lowest BCUT2D eigenvalue weighted by molar-refractivity contribution is 0.128. The molecule has 1 aromatic heterocycles. The number of ether oxygens (including phenoxy) is 1. The molecule has 1 rings (SSSR count). The zero-order valence-corrected chi connectivity index (χ0v) is 7.95. The molecule has 68 valence electrons. The van der Waals surface area contributed by atoms with Gasteiger partial charge >= 0.3 is 0 Å². The fourth-order valence-electron chi connectivity index (χ4n) is 0.598. The Kier molecular flexibility index (Phi) is 7.49. The lowest BCUT2D eigenvalue weighted by Crippen LogP contribution is -1.96. The van der Waals surface area contributed by atoms with Crippen LogP contribution in [0, 0.1) is 0 Å². The summed E-state index contributed by atoms with van der Waals surface area (Å²) in [5.41, 5.74) is 0. The van der Waals surface area contributed by atoms with Gasteiger partial charge < -0.3 is 4.74 Å². The van der Waals surface area contributed by atoms with Gasteiger partial charge in [-0.25, -0.2) is 9.97 Å². The Hall–Kier alpha value is -0.960. The first kappa shape index (κ1) is 11.0. The molecule has 0 radical (unpaired) electrons. The van der Waals surface area contributed by atoms with Gasteiger partial charge in [0.15, 0.2) is 5.82 Å². The fraction of sp³-hybridized carbons (Fsp3) is 0.556. The third-order valence-corrected chi connectivity index (χ3v) is 1.05. The summed E-state index contributed by atoms with van der Waals surface area (Å²) in [4.78, 5) is 7.96. The van der Waals surface area contributed by atoms with E-state index in [-0.39, 0.29) is 0 Å². The minimum atomic E-state index is 0.511. The molecule has 0 amide bonds. The monoisotopic (exact) mass is 168 g/mol. The second kappa shape index (κ2) is 8.14. The van der Waals surface area contributed by atoms with Gasteiger partial charge in [0.1, 0.15) is 6.61 Å². The van der Waals surface area contributed by atoms with Crippen LogP contribution in [0.3, 0.4) is 0 Å². The molecule has 0 N–H and O–H groups in total. The maximum atomic E-state index is 5.09. The van der Waals surface area contributed by atoms with E-state index in [2.05, 4.69) is 9.97 Å². The van der Waals surface area contributed by atoms with Crippen LogP contribution >= 0.6 is 0 Å². The summed E-state index contributed by atoms with van der Waals surface area (Å²) in [5, 5.41) is 0. The molecule has 0 atom stereocenters. The van der Waals surface area contributed by atoms with Gasteiger partial charge in [0.05, 0.1) is 0 Å². The van der Waals surface area contributed by atoms with Crippen LogP contribution in [0.1, 0.15) is 26.6 Å². The summed E-state index contributed by atoms with van der Waals surface area (Å²) in [5.74, 6) is 0.740. The highest BCUT2D eigenvalue weighted by Gasteiger charge is 1.90. The molecule has 0 spiro atoms. The summed E-state index contributed by atoms with van der Waals surface area (Å²) >= 11 is 0. The van der Waals surface area contributed by atoms with Crippen LogP contribution in [0.4, 0.5) is 0 Å². The van der Waals surface area contributed by atoms with Crippen LogP contribution in [-0.4, -0.2) is 16.6 Å². The average Bonchev–Trinajstić information content (AvgIpc) is 2.19. The molecule has 0 saturated heterocycles. The average molecular weight is 168 g/mol. The number of hydrogen-bond donors (Lipinski definition) is 0. The van der Waals surface area contributed by atoms with Crippen molar-refractivity contribution in [3.05, 3.63) is 24.3 Å². The molecule has 0 aliphatic heterocycles. The molecule has 0 saturated carbocycles. The summed E-state index contributed by atoms with van der Waals surface area (Å²) < 4.78 is 5.09. The Morgan fingerprint density at radius 2 is 1.83 bits per heavy atom. The maximum absolute atomic E-state index is 5.09. The van der Waals surface area contributed by atoms with Gasteiger partial charge in [-0.3, -0.25) is 0 Å². The van der Waals surface area contributed by atoms with Crippen molar-refractivity contribution >= 4 is 0 Å². The predicted molar refractivity (Wildman–Crippen MR) is 48.7 cm³/mol. The van der Waals surface area contributed by atoms with Crippen molar-refractivity contribution in [1.29, 1.82) is 0 Å². The number of hydrogen-bond acceptors (Lipinski definition) is 3. The van der Waals surface area contributed by atoms with Gasteiger partial charge in [-0.2, -0.15) is 0 Å². The first-order valence-corrected chi connectivity index (χ1v) is 4.27. The first-order chi connectivity index (χ1) is 5.93. The number of nitrogens with zero attached hydrogens (tertiary/aromatic N) is 2. The van der Waals surface area contributed by atoms with Crippen LogP contribution in [0.25, 0.3) is 0 Å². The lowest BCUT2D eigenvalue weighted by Gasteiger charge is -1.96. The van der Waals surface area contributed by atoms with Crippen molar-refractivity contribution in [2.24, 2.45) is 0 Å². The quantitative estimate of drug-likeness (QED) is 0.692. The largest absolute Gasteiger partial charge is 0.374 e. The molecule has 1 heterocycles. The standard InChI is InChI=1S/C7H10N2O.C2H6/c1-2-10-6-7-8-4-3-5-9-7;1-2/h3-5H,2,6H2,1H3;1-2H3. The van der Waals surface area contributed by atoms with E-state index in [1.54, 1.807) is 18.5 Å². The molecule has 3 nitrogen and oxygen atoms in total. The summed E-state index contributed by atoms with van der Waals surface area (Å²) in [6.07, 6.45) is 3.42. The SMILES string of the molecule is CC.CCOCc1ncccn1. The van der Waals surface area contributed by atoms with E-state index >= 15 is 0 Å². The van der Waals surface area contributed by atoms with Crippen LogP contribution in [0.5, 0.6) is 0 Å². The number of rotatable bonds is 3. The molecule has 0 aliphatic carbocycles. The summed E-state index contributed by atoms with van der Waals surface area (Å²) in [6.45, 7) is 7.17. The van der Waals surface area contributed by atoms with Crippen molar-refractivity contribution in [3.63, 3.8) is 0 Å². The highest BCUT2D eigenvalue weighted by atomic mass is 16.5. The molecule has 3 heteroatoms. The summed E-state index contributed by atoms with van der Waals surface area (Å²) in [6, 6.07) is 1.79. The van der Waals surface area contributed by atoms with Crippen LogP contribution < -0.4 is 0 Å². The first-order valence-electron chi connectivity index (χ1n) is 4.27. The molecule has 1 aromatic rings. The van der Waals surface area contributed by atoms with Gasteiger partial charge in [-0.1, -0.05) is 13.8 Å². The molecule has 0 bridgehead atoms. The predicted octanol–water partition coefficient (Wildman–Crippen LogP) is 2.04. The summed E-state index contributed by atoms with van der Waals surface area (Å²) in [7, 11) is 0. The minimum absolute atomic E-state index is 0.511. The third kappa shape index (κ3) is 4.79. The van der Waals surface area contributed by atoms with Crippen LogP contribution in [0.2, 0.25) is 0 Å². The van der Waals surface area contributed by atoms with Gasteiger partial charge in [0, 0.05) is 19.0 Å². The second-order valence-corrected chi connectivity index (χ2v) is 1.80. The van der Waals surface area contributed by atoms with Crippen molar-refractivity contribution in [2.45, 2.75) is 27.4 Å². The van der Waals surface area contributed by atoms with E-state index < -0.39 is 0 Å². The van der Waals surface area contributed by atoms with Crippen molar-refractivity contribution < 1.29 is 4.74 Å². The maximum Gasteiger partial charge on any atom is 0.153 e. The Morgan fingerprint density at radius 1 is 1.25 bits per heavy atom. The van der Waals surface area contributed by atoms with E-state index in [4.69, 9.17) is 4.74 Å². The molecule has 12 heavy (non-hydrogen) atoms. The molecule has 0 fully saturated rings. The normalized spacial score (nSPS) is 8.58. The minimum Gasteiger partial charge on any atom is -0.374 e. The van der Waals surface area contributed by atoms with E-state index in [0.717, 1.165) is 5.82 Å². The Bertz CT molecular complexity index is 177. The smallest absolute Gasteiger partial charge is 0.153 e. The van der Waals surface area contributed by atoms with Crippen molar-refractivity contribution in [1.82, 2.24) is 9.97 Å². The highest BCUT2D eigenvalue weighted by Crippen LogP contribution is 1.89.